The maximum Gasteiger partial charge on any atom is 0.387 e. The highest BCUT2D eigenvalue weighted by Gasteiger charge is 2.22. The molecule has 0 saturated heterocycles. The second kappa shape index (κ2) is 13.0. The number of unbranched alkanes of at least 4 members (excludes halogenated alkanes) is 4. The second-order valence-electron chi connectivity index (χ2n) is 10.1. The molecule has 0 radical (unpaired) electrons. The first-order chi connectivity index (χ1) is 17.9. The summed E-state index contributed by atoms with van der Waals surface area (Å²) in [4.78, 5) is 12.7. The molecular weight excluding hydrogens is 477 g/mol. The number of esters is 1. The molecular formula is C31H35F3O3. The molecule has 6 heteroatoms. The van der Waals surface area contributed by atoms with Crippen molar-refractivity contribution in [2.24, 2.45) is 5.92 Å². The van der Waals surface area contributed by atoms with Gasteiger partial charge in [0.05, 0.1) is 5.56 Å². The quantitative estimate of drug-likeness (QED) is 0.146. The first-order valence-corrected chi connectivity index (χ1v) is 13.4. The Morgan fingerprint density at radius 2 is 1.65 bits per heavy atom. The van der Waals surface area contributed by atoms with Gasteiger partial charge in [0, 0.05) is 5.39 Å². The van der Waals surface area contributed by atoms with Gasteiger partial charge in [-0.25, -0.2) is 9.18 Å². The minimum Gasteiger partial charge on any atom is -0.432 e. The van der Waals surface area contributed by atoms with Crippen LogP contribution < -0.4 is 9.47 Å². The van der Waals surface area contributed by atoms with Crippen molar-refractivity contribution in [1.29, 1.82) is 0 Å². The van der Waals surface area contributed by atoms with Crippen molar-refractivity contribution in [2.45, 2.75) is 83.7 Å². The fourth-order valence-electron chi connectivity index (χ4n) is 5.38. The number of carbonyl (C=O) groups is 1. The molecule has 37 heavy (non-hydrogen) atoms. The standard InChI is InChI=1S/C31H35F3O3/c1-2-3-4-5-6-7-21-8-10-22(11-9-21)23-12-14-24(15-13-23)30(35)36-26-17-18-27-25(20-26)16-19-28(29(27)32)37-31(33)34/h12-22,31H,2-11H2,1H3. The Balaban J connectivity index is 1.30. The lowest BCUT2D eigenvalue weighted by atomic mass is 9.77. The molecule has 1 aliphatic rings. The van der Waals surface area contributed by atoms with Crippen molar-refractivity contribution in [1.82, 2.24) is 0 Å². The number of ether oxygens (including phenoxy) is 2. The SMILES string of the molecule is CCCCCCCC1CCC(c2ccc(C(=O)Oc3ccc4c(F)c(OC(F)F)ccc4c3)cc2)CC1. The van der Waals surface area contributed by atoms with E-state index in [-0.39, 0.29) is 11.1 Å². The van der Waals surface area contributed by atoms with Gasteiger partial charge in [0.15, 0.2) is 11.6 Å². The number of benzene rings is 3. The minimum atomic E-state index is -3.11. The van der Waals surface area contributed by atoms with Crippen LogP contribution in [0.5, 0.6) is 11.5 Å². The van der Waals surface area contributed by atoms with Crippen molar-refractivity contribution in [2.75, 3.05) is 0 Å². The summed E-state index contributed by atoms with van der Waals surface area (Å²) in [7, 11) is 0. The number of fused-ring (bicyclic) bond motifs is 1. The molecule has 0 bridgehead atoms. The van der Waals surface area contributed by atoms with Crippen molar-refractivity contribution >= 4 is 16.7 Å². The highest BCUT2D eigenvalue weighted by atomic mass is 19.3. The summed E-state index contributed by atoms with van der Waals surface area (Å²) in [6.07, 6.45) is 13.0. The summed E-state index contributed by atoms with van der Waals surface area (Å²) >= 11 is 0. The van der Waals surface area contributed by atoms with E-state index in [1.165, 1.54) is 94.0 Å². The summed E-state index contributed by atoms with van der Waals surface area (Å²) in [5, 5.41) is 0.518. The van der Waals surface area contributed by atoms with Crippen LogP contribution in [0.15, 0.2) is 54.6 Å². The van der Waals surface area contributed by atoms with Gasteiger partial charge in [0.1, 0.15) is 5.75 Å². The first kappa shape index (κ1) is 27.0. The Hall–Kier alpha value is -3.02. The molecule has 4 rings (SSSR count). The van der Waals surface area contributed by atoms with Crippen LogP contribution in [0.2, 0.25) is 0 Å². The van der Waals surface area contributed by atoms with Crippen LogP contribution >= 0.6 is 0 Å². The van der Waals surface area contributed by atoms with Crippen LogP contribution in [-0.4, -0.2) is 12.6 Å². The van der Waals surface area contributed by atoms with E-state index in [2.05, 4.69) is 11.7 Å². The highest BCUT2D eigenvalue weighted by molar-refractivity contribution is 5.92. The average molecular weight is 513 g/mol. The monoisotopic (exact) mass is 512 g/mol. The highest BCUT2D eigenvalue weighted by Crippen LogP contribution is 2.38. The molecule has 1 saturated carbocycles. The van der Waals surface area contributed by atoms with Crippen molar-refractivity contribution < 1.29 is 27.4 Å². The van der Waals surface area contributed by atoms with E-state index in [1.54, 1.807) is 12.1 Å². The number of rotatable bonds is 11. The van der Waals surface area contributed by atoms with E-state index in [4.69, 9.17) is 4.74 Å². The lowest BCUT2D eigenvalue weighted by Crippen LogP contribution is -2.14. The Bertz CT molecular complexity index is 1170. The van der Waals surface area contributed by atoms with Crippen LogP contribution in [0.3, 0.4) is 0 Å². The molecule has 3 nitrogen and oxygen atoms in total. The van der Waals surface area contributed by atoms with Crippen molar-refractivity contribution in [3.8, 4) is 11.5 Å². The van der Waals surface area contributed by atoms with Gasteiger partial charge in [-0.2, -0.15) is 8.78 Å². The Labute approximate surface area is 217 Å². The van der Waals surface area contributed by atoms with E-state index in [0.717, 1.165) is 12.0 Å². The third-order valence-corrected chi connectivity index (χ3v) is 7.50. The molecule has 3 aromatic rings. The van der Waals surface area contributed by atoms with Crippen molar-refractivity contribution in [3.05, 3.63) is 71.5 Å². The van der Waals surface area contributed by atoms with E-state index in [1.807, 2.05) is 12.1 Å². The maximum absolute atomic E-state index is 14.4. The van der Waals surface area contributed by atoms with Crippen molar-refractivity contribution in [3.63, 3.8) is 0 Å². The Kier molecular flexibility index (Phi) is 9.48. The van der Waals surface area contributed by atoms with Gasteiger partial charge in [-0.15, -0.1) is 0 Å². The molecule has 0 unspecified atom stereocenters. The number of hydrogen-bond acceptors (Lipinski definition) is 3. The van der Waals surface area contributed by atoms with Crippen LogP contribution in [0.4, 0.5) is 13.2 Å². The fraction of sp³-hybridized carbons (Fsp3) is 0.452. The summed E-state index contributed by atoms with van der Waals surface area (Å²) in [5.41, 5.74) is 1.71. The number of alkyl halides is 2. The van der Waals surface area contributed by atoms with Crippen LogP contribution in [0.1, 0.15) is 93.0 Å². The van der Waals surface area contributed by atoms with Crippen LogP contribution in [0.25, 0.3) is 10.8 Å². The van der Waals surface area contributed by atoms with Gasteiger partial charge in [0.25, 0.3) is 0 Å². The topological polar surface area (TPSA) is 35.5 Å². The largest absolute Gasteiger partial charge is 0.432 e. The van der Waals surface area contributed by atoms with Crippen LogP contribution in [0, 0.1) is 11.7 Å². The lowest BCUT2D eigenvalue weighted by molar-refractivity contribution is -0.0520. The maximum atomic E-state index is 14.4. The molecule has 0 atom stereocenters. The normalized spacial score (nSPS) is 17.8. The second-order valence-corrected chi connectivity index (χ2v) is 10.1. The summed E-state index contributed by atoms with van der Waals surface area (Å²) in [6, 6.07) is 14.5. The summed E-state index contributed by atoms with van der Waals surface area (Å²) in [5.74, 6) is -0.274. The van der Waals surface area contributed by atoms with E-state index in [9.17, 15) is 18.0 Å². The molecule has 0 heterocycles. The van der Waals surface area contributed by atoms with Gasteiger partial charge in [-0.3, -0.25) is 0 Å². The molecule has 0 aliphatic heterocycles. The summed E-state index contributed by atoms with van der Waals surface area (Å²) in [6.45, 7) is -0.862. The molecule has 0 spiro atoms. The number of hydrogen-bond donors (Lipinski definition) is 0. The zero-order valence-corrected chi connectivity index (χ0v) is 21.4. The fourth-order valence-corrected chi connectivity index (χ4v) is 5.38. The van der Waals surface area contributed by atoms with E-state index >= 15 is 0 Å². The third-order valence-electron chi connectivity index (χ3n) is 7.50. The van der Waals surface area contributed by atoms with Gasteiger partial charge >= 0.3 is 12.6 Å². The molecule has 198 valence electrons. The average Bonchev–Trinajstić information content (AvgIpc) is 2.90. The Morgan fingerprint density at radius 1 is 0.919 bits per heavy atom. The van der Waals surface area contributed by atoms with Gasteiger partial charge in [-0.05, 0) is 84.9 Å². The smallest absolute Gasteiger partial charge is 0.387 e. The molecule has 0 amide bonds. The predicted octanol–water partition coefficient (Wildman–Crippen LogP) is 9.43. The molecule has 0 aromatic heterocycles. The number of halogens is 3. The van der Waals surface area contributed by atoms with Gasteiger partial charge in [-0.1, -0.05) is 63.6 Å². The number of carbonyl (C=O) groups excluding carboxylic acids is 1. The lowest BCUT2D eigenvalue weighted by Gasteiger charge is -2.29. The first-order valence-electron chi connectivity index (χ1n) is 13.4. The molecule has 1 aliphatic carbocycles. The molecule has 0 N–H and O–H groups in total. The predicted molar refractivity (Wildman–Crippen MR) is 140 cm³/mol. The minimum absolute atomic E-state index is 0.105. The van der Waals surface area contributed by atoms with Crippen LogP contribution in [-0.2, 0) is 0 Å². The van der Waals surface area contributed by atoms with Gasteiger partial charge < -0.3 is 9.47 Å². The molecule has 3 aromatic carbocycles. The Morgan fingerprint density at radius 3 is 2.35 bits per heavy atom. The molecule has 1 fully saturated rings. The zero-order valence-electron chi connectivity index (χ0n) is 21.4. The van der Waals surface area contributed by atoms with E-state index in [0.29, 0.717) is 16.9 Å². The zero-order chi connectivity index (χ0) is 26.2. The summed E-state index contributed by atoms with van der Waals surface area (Å²) < 4.78 is 49.0. The van der Waals surface area contributed by atoms with Gasteiger partial charge in [0.2, 0.25) is 0 Å². The van der Waals surface area contributed by atoms with E-state index < -0.39 is 24.1 Å². The third kappa shape index (κ3) is 7.27.